The number of hydrogen-bond donors (Lipinski definition) is 0. The minimum Gasteiger partial charge on any atom is -0.0828 e. The van der Waals surface area contributed by atoms with Crippen molar-refractivity contribution in [1.29, 1.82) is 0 Å². The Balaban J connectivity index is 4.33. The molecule has 0 N–H and O–H groups in total. The summed E-state index contributed by atoms with van der Waals surface area (Å²) in [5.74, 6) is 2.98. The van der Waals surface area contributed by atoms with Gasteiger partial charge in [-0.15, -0.1) is 0 Å². The van der Waals surface area contributed by atoms with Gasteiger partial charge < -0.3 is 0 Å². The molecule has 0 rings (SSSR count). The topological polar surface area (TPSA) is 0 Å². The molecule has 0 heteroatoms. The van der Waals surface area contributed by atoms with E-state index < -0.39 is 0 Å². The van der Waals surface area contributed by atoms with Crippen molar-refractivity contribution in [2.75, 3.05) is 0 Å². The van der Waals surface area contributed by atoms with Gasteiger partial charge in [-0.3, -0.25) is 0 Å². The molecule has 0 aliphatic rings. The van der Waals surface area contributed by atoms with E-state index in [2.05, 4.69) is 54.5 Å². The van der Waals surface area contributed by atoms with Gasteiger partial charge in [-0.1, -0.05) is 53.2 Å². The first kappa shape index (κ1) is 12.7. The SMILES string of the molecule is CC(=CC(C)C)C(C)C(C)C(C)C. The first-order valence-electron chi connectivity index (χ1n) is 5.54. The van der Waals surface area contributed by atoms with E-state index in [9.17, 15) is 0 Å². The summed E-state index contributed by atoms with van der Waals surface area (Å²) in [4.78, 5) is 0. The molecule has 2 unspecified atom stereocenters. The molecule has 0 aromatic carbocycles. The van der Waals surface area contributed by atoms with Gasteiger partial charge in [-0.25, -0.2) is 0 Å². The predicted octanol–water partition coefficient (Wildman–Crippen LogP) is 4.52. The van der Waals surface area contributed by atoms with E-state index in [1.165, 1.54) is 0 Å². The maximum atomic E-state index is 2.39. The highest BCUT2D eigenvalue weighted by Crippen LogP contribution is 2.26. The molecule has 0 heterocycles. The summed E-state index contributed by atoms with van der Waals surface area (Å²) in [5.41, 5.74) is 1.55. The average Bonchev–Trinajstić information content (AvgIpc) is 2.00. The Labute approximate surface area is 84.4 Å². The second kappa shape index (κ2) is 5.47. The van der Waals surface area contributed by atoms with Crippen molar-refractivity contribution < 1.29 is 0 Å². The van der Waals surface area contributed by atoms with Crippen LogP contribution in [0.4, 0.5) is 0 Å². The van der Waals surface area contributed by atoms with Gasteiger partial charge in [0.25, 0.3) is 0 Å². The molecule has 0 aliphatic heterocycles. The Morgan fingerprint density at radius 3 is 1.69 bits per heavy atom. The number of rotatable bonds is 4. The molecule has 0 fully saturated rings. The van der Waals surface area contributed by atoms with Crippen LogP contribution in [0, 0.1) is 23.7 Å². The normalized spacial score (nSPS) is 18.1. The lowest BCUT2D eigenvalue weighted by Crippen LogP contribution is -2.15. The minimum absolute atomic E-state index is 0.682. The van der Waals surface area contributed by atoms with Crippen LogP contribution in [0.5, 0.6) is 0 Å². The van der Waals surface area contributed by atoms with Crippen LogP contribution < -0.4 is 0 Å². The van der Waals surface area contributed by atoms with Gasteiger partial charge in [0.05, 0.1) is 0 Å². The molecule has 0 aromatic heterocycles. The van der Waals surface area contributed by atoms with Crippen LogP contribution in [-0.2, 0) is 0 Å². The Bertz CT molecular complexity index is 163. The molecule has 0 nitrogen and oxygen atoms in total. The molecule has 0 saturated carbocycles. The van der Waals surface area contributed by atoms with E-state index in [0.29, 0.717) is 5.92 Å². The Hall–Kier alpha value is -0.260. The zero-order chi connectivity index (χ0) is 10.6. The molecule has 13 heavy (non-hydrogen) atoms. The highest BCUT2D eigenvalue weighted by molar-refractivity contribution is 5.04. The minimum atomic E-state index is 0.682. The van der Waals surface area contributed by atoms with Gasteiger partial charge in [0.15, 0.2) is 0 Å². The Kier molecular flexibility index (Phi) is 5.36. The number of allylic oxidation sites excluding steroid dienone is 2. The maximum Gasteiger partial charge on any atom is -0.0206 e. The number of hydrogen-bond acceptors (Lipinski definition) is 0. The molecule has 0 spiro atoms. The molecule has 0 radical (unpaired) electrons. The van der Waals surface area contributed by atoms with Gasteiger partial charge in [-0.05, 0) is 30.6 Å². The third-order valence-electron chi connectivity index (χ3n) is 3.15. The molecule has 0 saturated heterocycles. The first-order chi connectivity index (χ1) is 5.86. The zero-order valence-electron chi connectivity index (χ0n) is 10.4. The van der Waals surface area contributed by atoms with Crippen molar-refractivity contribution in [2.45, 2.75) is 48.5 Å². The second-order valence-corrected chi connectivity index (χ2v) is 5.05. The highest BCUT2D eigenvalue weighted by Gasteiger charge is 2.16. The quantitative estimate of drug-likeness (QED) is 0.561. The zero-order valence-corrected chi connectivity index (χ0v) is 10.4. The van der Waals surface area contributed by atoms with Crippen LogP contribution in [0.2, 0.25) is 0 Å². The van der Waals surface area contributed by atoms with Crippen molar-refractivity contribution >= 4 is 0 Å². The second-order valence-electron chi connectivity index (χ2n) is 5.05. The molecule has 0 aromatic rings. The molecule has 2 atom stereocenters. The lowest BCUT2D eigenvalue weighted by Gasteiger charge is -2.24. The Morgan fingerprint density at radius 2 is 1.38 bits per heavy atom. The summed E-state index contributed by atoms with van der Waals surface area (Å²) < 4.78 is 0. The lowest BCUT2D eigenvalue weighted by atomic mass is 9.81. The van der Waals surface area contributed by atoms with Crippen molar-refractivity contribution in [1.82, 2.24) is 0 Å². The third-order valence-corrected chi connectivity index (χ3v) is 3.15. The molecule has 0 aliphatic carbocycles. The van der Waals surface area contributed by atoms with Gasteiger partial charge in [0.1, 0.15) is 0 Å². The van der Waals surface area contributed by atoms with E-state index >= 15 is 0 Å². The van der Waals surface area contributed by atoms with Gasteiger partial charge in [-0.2, -0.15) is 0 Å². The van der Waals surface area contributed by atoms with Crippen LogP contribution in [-0.4, -0.2) is 0 Å². The van der Waals surface area contributed by atoms with Gasteiger partial charge in [0.2, 0.25) is 0 Å². The van der Waals surface area contributed by atoms with E-state index in [1.807, 2.05) is 0 Å². The fourth-order valence-corrected chi connectivity index (χ4v) is 1.67. The molecule has 0 bridgehead atoms. The first-order valence-corrected chi connectivity index (χ1v) is 5.54. The fourth-order valence-electron chi connectivity index (χ4n) is 1.67. The van der Waals surface area contributed by atoms with Crippen LogP contribution in [0.3, 0.4) is 0 Å². The molecular formula is C13H26. The Morgan fingerprint density at radius 1 is 0.923 bits per heavy atom. The highest BCUT2D eigenvalue weighted by atomic mass is 14.2. The summed E-state index contributed by atoms with van der Waals surface area (Å²) in [6.45, 7) is 16.1. The summed E-state index contributed by atoms with van der Waals surface area (Å²) >= 11 is 0. The third kappa shape index (κ3) is 4.50. The summed E-state index contributed by atoms with van der Waals surface area (Å²) in [6.07, 6.45) is 2.39. The van der Waals surface area contributed by atoms with E-state index in [4.69, 9.17) is 0 Å². The van der Waals surface area contributed by atoms with Crippen LogP contribution in [0.25, 0.3) is 0 Å². The summed E-state index contributed by atoms with van der Waals surface area (Å²) in [5, 5.41) is 0. The van der Waals surface area contributed by atoms with Crippen molar-refractivity contribution in [3.8, 4) is 0 Å². The van der Waals surface area contributed by atoms with Crippen molar-refractivity contribution in [3.63, 3.8) is 0 Å². The maximum absolute atomic E-state index is 2.39. The summed E-state index contributed by atoms with van der Waals surface area (Å²) in [7, 11) is 0. The smallest absolute Gasteiger partial charge is 0.0206 e. The standard InChI is InChI=1S/C13H26/c1-9(2)8-11(5)13(7)12(6)10(3)4/h8-10,12-13H,1-7H3. The van der Waals surface area contributed by atoms with Gasteiger partial charge >= 0.3 is 0 Å². The molecule has 0 amide bonds. The van der Waals surface area contributed by atoms with Crippen molar-refractivity contribution in [3.05, 3.63) is 11.6 Å². The van der Waals surface area contributed by atoms with Crippen LogP contribution >= 0.6 is 0 Å². The van der Waals surface area contributed by atoms with E-state index in [1.54, 1.807) is 5.57 Å². The van der Waals surface area contributed by atoms with Gasteiger partial charge in [0, 0.05) is 0 Å². The monoisotopic (exact) mass is 182 g/mol. The van der Waals surface area contributed by atoms with Crippen LogP contribution in [0.1, 0.15) is 48.5 Å². The molecular weight excluding hydrogens is 156 g/mol. The fraction of sp³-hybridized carbons (Fsp3) is 0.846. The van der Waals surface area contributed by atoms with E-state index in [-0.39, 0.29) is 0 Å². The molecule has 78 valence electrons. The predicted molar refractivity (Wildman–Crippen MR) is 61.8 cm³/mol. The largest absolute Gasteiger partial charge is 0.0828 e. The van der Waals surface area contributed by atoms with E-state index in [0.717, 1.165) is 17.8 Å². The summed E-state index contributed by atoms with van der Waals surface area (Å²) in [6, 6.07) is 0. The average molecular weight is 182 g/mol. The van der Waals surface area contributed by atoms with Crippen molar-refractivity contribution in [2.24, 2.45) is 23.7 Å². The van der Waals surface area contributed by atoms with Crippen LogP contribution in [0.15, 0.2) is 11.6 Å². The lowest BCUT2D eigenvalue weighted by molar-refractivity contribution is 0.329.